The van der Waals surface area contributed by atoms with Gasteiger partial charge in [0.15, 0.2) is 11.0 Å². The van der Waals surface area contributed by atoms with E-state index in [1.54, 1.807) is 0 Å². The molecular weight excluding hydrogens is 292 g/mol. The van der Waals surface area contributed by atoms with Crippen LogP contribution in [-0.2, 0) is 23.9 Å². The summed E-state index contributed by atoms with van der Waals surface area (Å²) in [5.41, 5.74) is 0. The lowest BCUT2D eigenvalue weighted by molar-refractivity contribution is -0.162. The standard InChI is InChI=1S/C15H26O5S/c1-9(2)10(8-11(16)21-15(3,4)5)12(13(17)19-6)14(18)20-7/h9-10,12H,8H2,1-7H3/t10-/m1/s1. The number of thioether (sulfide) groups is 1. The van der Waals surface area contributed by atoms with E-state index in [9.17, 15) is 14.4 Å². The van der Waals surface area contributed by atoms with Crippen LogP contribution < -0.4 is 0 Å². The van der Waals surface area contributed by atoms with Gasteiger partial charge in [0, 0.05) is 11.2 Å². The predicted octanol–water partition coefficient (Wildman–Crippen LogP) is 2.67. The number of rotatable bonds is 6. The van der Waals surface area contributed by atoms with Gasteiger partial charge < -0.3 is 9.47 Å². The summed E-state index contributed by atoms with van der Waals surface area (Å²) in [7, 11) is 2.45. The minimum atomic E-state index is -1.07. The summed E-state index contributed by atoms with van der Waals surface area (Å²) in [6.07, 6.45) is 0.133. The quantitative estimate of drug-likeness (QED) is 0.554. The molecule has 0 fully saturated rings. The van der Waals surface area contributed by atoms with E-state index in [0.29, 0.717) is 0 Å². The van der Waals surface area contributed by atoms with Gasteiger partial charge in [-0.15, -0.1) is 0 Å². The second kappa shape index (κ2) is 8.41. The summed E-state index contributed by atoms with van der Waals surface area (Å²) in [4.78, 5) is 35.9. The molecule has 0 aromatic rings. The molecule has 6 heteroatoms. The molecule has 0 amide bonds. The molecule has 0 aliphatic heterocycles. The summed E-state index contributed by atoms with van der Waals surface area (Å²) in [6.45, 7) is 9.57. The summed E-state index contributed by atoms with van der Waals surface area (Å²) in [6, 6.07) is 0. The Labute approximate surface area is 131 Å². The van der Waals surface area contributed by atoms with Crippen molar-refractivity contribution in [2.45, 2.75) is 45.8 Å². The Hall–Kier alpha value is -1.04. The van der Waals surface area contributed by atoms with Gasteiger partial charge in [-0.25, -0.2) is 0 Å². The summed E-state index contributed by atoms with van der Waals surface area (Å²) in [5, 5.41) is -0.0426. The average molecular weight is 318 g/mol. The van der Waals surface area contributed by atoms with Crippen LogP contribution in [0.1, 0.15) is 41.0 Å². The van der Waals surface area contributed by atoms with Gasteiger partial charge in [0.25, 0.3) is 0 Å². The van der Waals surface area contributed by atoms with Crippen molar-refractivity contribution in [1.29, 1.82) is 0 Å². The van der Waals surface area contributed by atoms with Crippen LogP contribution >= 0.6 is 11.8 Å². The third-order valence-electron chi connectivity index (χ3n) is 3.02. The van der Waals surface area contributed by atoms with Gasteiger partial charge in [0.2, 0.25) is 0 Å². The molecule has 0 heterocycles. The maximum Gasteiger partial charge on any atom is 0.320 e. The van der Waals surface area contributed by atoms with E-state index in [-0.39, 0.29) is 22.2 Å². The van der Waals surface area contributed by atoms with Crippen LogP contribution in [-0.4, -0.2) is 36.0 Å². The molecule has 122 valence electrons. The van der Waals surface area contributed by atoms with Gasteiger partial charge in [0.1, 0.15) is 0 Å². The van der Waals surface area contributed by atoms with Crippen molar-refractivity contribution in [2.75, 3.05) is 14.2 Å². The van der Waals surface area contributed by atoms with Crippen molar-refractivity contribution in [3.8, 4) is 0 Å². The molecule has 0 N–H and O–H groups in total. The molecule has 5 nitrogen and oxygen atoms in total. The van der Waals surface area contributed by atoms with Gasteiger partial charge in [0.05, 0.1) is 14.2 Å². The molecule has 0 aliphatic carbocycles. The molecule has 0 aromatic heterocycles. The molecule has 0 radical (unpaired) electrons. The number of hydrogen-bond acceptors (Lipinski definition) is 6. The van der Waals surface area contributed by atoms with E-state index in [1.807, 2.05) is 34.6 Å². The van der Waals surface area contributed by atoms with Crippen LogP contribution in [0.15, 0.2) is 0 Å². The van der Waals surface area contributed by atoms with E-state index in [1.165, 1.54) is 26.0 Å². The Morgan fingerprint density at radius 1 is 1.00 bits per heavy atom. The Morgan fingerprint density at radius 3 is 1.71 bits per heavy atom. The molecule has 1 atom stereocenters. The fraction of sp³-hybridized carbons (Fsp3) is 0.800. The highest BCUT2D eigenvalue weighted by atomic mass is 32.2. The van der Waals surface area contributed by atoms with Crippen molar-refractivity contribution in [1.82, 2.24) is 0 Å². The third kappa shape index (κ3) is 6.98. The second-order valence-corrected chi connectivity index (χ2v) is 8.11. The normalized spacial score (nSPS) is 13.2. The minimum absolute atomic E-state index is 0.0299. The minimum Gasteiger partial charge on any atom is -0.468 e. The molecule has 0 rings (SSSR count). The molecule has 0 saturated heterocycles. The highest BCUT2D eigenvalue weighted by Gasteiger charge is 2.40. The first-order chi connectivity index (χ1) is 9.53. The van der Waals surface area contributed by atoms with Gasteiger partial charge >= 0.3 is 11.9 Å². The molecule has 0 unspecified atom stereocenters. The lowest BCUT2D eigenvalue weighted by Crippen LogP contribution is -2.37. The lowest BCUT2D eigenvalue weighted by Gasteiger charge is -2.27. The third-order valence-corrected chi connectivity index (χ3v) is 4.02. The highest BCUT2D eigenvalue weighted by molar-refractivity contribution is 8.14. The van der Waals surface area contributed by atoms with Gasteiger partial charge in [-0.2, -0.15) is 0 Å². The number of esters is 2. The fourth-order valence-corrected chi connectivity index (χ4v) is 2.97. The zero-order valence-electron chi connectivity index (χ0n) is 13.9. The van der Waals surface area contributed by atoms with Crippen molar-refractivity contribution in [3.63, 3.8) is 0 Å². The predicted molar refractivity (Wildman–Crippen MR) is 82.8 cm³/mol. The first-order valence-electron chi connectivity index (χ1n) is 6.91. The first kappa shape index (κ1) is 20.0. The van der Waals surface area contributed by atoms with Gasteiger partial charge in [-0.05, 0) is 11.8 Å². The van der Waals surface area contributed by atoms with E-state index in [0.717, 1.165) is 0 Å². The number of carbonyl (C=O) groups is 3. The second-order valence-electron chi connectivity index (χ2n) is 6.22. The van der Waals surface area contributed by atoms with Crippen LogP contribution in [0.5, 0.6) is 0 Å². The molecule has 0 bridgehead atoms. The topological polar surface area (TPSA) is 69.7 Å². The molecule has 0 aliphatic rings. The van der Waals surface area contributed by atoms with Crippen LogP contribution in [0.25, 0.3) is 0 Å². The smallest absolute Gasteiger partial charge is 0.320 e. The summed E-state index contributed by atoms with van der Waals surface area (Å²) < 4.78 is 9.18. The van der Waals surface area contributed by atoms with Crippen molar-refractivity contribution in [3.05, 3.63) is 0 Å². The summed E-state index contributed by atoms with van der Waals surface area (Å²) in [5.74, 6) is -2.85. The summed E-state index contributed by atoms with van der Waals surface area (Å²) >= 11 is 1.22. The zero-order chi connectivity index (χ0) is 16.8. The molecule has 0 saturated carbocycles. The number of hydrogen-bond donors (Lipinski definition) is 0. The van der Waals surface area contributed by atoms with Crippen LogP contribution in [0.3, 0.4) is 0 Å². The zero-order valence-corrected chi connectivity index (χ0v) is 14.7. The van der Waals surface area contributed by atoms with Crippen LogP contribution in [0, 0.1) is 17.8 Å². The van der Waals surface area contributed by atoms with Crippen LogP contribution in [0.4, 0.5) is 0 Å². The monoisotopic (exact) mass is 318 g/mol. The molecule has 21 heavy (non-hydrogen) atoms. The number of carbonyl (C=O) groups excluding carboxylic acids is 3. The number of ether oxygens (including phenoxy) is 2. The fourth-order valence-electron chi connectivity index (χ4n) is 2.01. The maximum atomic E-state index is 12.2. The SMILES string of the molecule is COC(=O)C(C(=O)OC)[C@H](CC(=O)SC(C)(C)C)C(C)C. The Balaban J connectivity index is 5.20. The Kier molecular flexibility index (Phi) is 8.00. The molecular formula is C15H26O5S. The van der Waals surface area contributed by atoms with Crippen LogP contribution in [0.2, 0.25) is 0 Å². The Morgan fingerprint density at radius 2 is 1.43 bits per heavy atom. The molecule has 0 aromatic carbocycles. The van der Waals surface area contributed by atoms with E-state index in [2.05, 4.69) is 0 Å². The van der Waals surface area contributed by atoms with E-state index < -0.39 is 23.8 Å². The maximum absolute atomic E-state index is 12.2. The first-order valence-corrected chi connectivity index (χ1v) is 7.72. The average Bonchev–Trinajstić information content (AvgIpc) is 2.34. The van der Waals surface area contributed by atoms with E-state index >= 15 is 0 Å². The highest BCUT2D eigenvalue weighted by Crippen LogP contribution is 2.32. The van der Waals surface area contributed by atoms with Gasteiger partial charge in [-0.1, -0.05) is 46.4 Å². The van der Waals surface area contributed by atoms with E-state index in [4.69, 9.17) is 9.47 Å². The van der Waals surface area contributed by atoms with Crippen molar-refractivity contribution < 1.29 is 23.9 Å². The number of methoxy groups -OCH3 is 2. The largest absolute Gasteiger partial charge is 0.468 e. The lowest BCUT2D eigenvalue weighted by atomic mass is 9.81. The van der Waals surface area contributed by atoms with Crippen molar-refractivity contribution in [2.24, 2.45) is 17.8 Å². The van der Waals surface area contributed by atoms with Crippen molar-refractivity contribution >= 4 is 28.8 Å². The van der Waals surface area contributed by atoms with Gasteiger partial charge in [-0.3, -0.25) is 14.4 Å². The Bertz CT molecular complexity index is 368. The molecule has 0 spiro atoms.